The van der Waals surface area contributed by atoms with Crippen LogP contribution in [0.5, 0.6) is 0 Å². The average molecular weight is 449 g/mol. The fraction of sp³-hybridized carbons (Fsp3) is 0.133. The summed E-state index contributed by atoms with van der Waals surface area (Å²) in [5.74, 6) is -1.49. The fourth-order valence-corrected chi connectivity index (χ4v) is 4.12. The number of nitro groups is 1. The van der Waals surface area contributed by atoms with Crippen LogP contribution < -0.4 is 16.2 Å². The zero-order valence-electron chi connectivity index (χ0n) is 13.9. The van der Waals surface area contributed by atoms with Crippen LogP contribution in [0.3, 0.4) is 0 Å². The minimum absolute atomic E-state index is 0.0220. The molecule has 0 saturated carbocycles. The largest absolute Gasteiger partial charge is 0.480 e. The predicted octanol–water partition coefficient (Wildman–Crippen LogP) is 2.04. The number of aliphatic carboxylic acids is 1. The summed E-state index contributed by atoms with van der Waals surface area (Å²) in [6.07, 6.45) is -0.369. The van der Waals surface area contributed by atoms with Gasteiger partial charge < -0.3 is 16.6 Å². The van der Waals surface area contributed by atoms with E-state index in [0.717, 1.165) is 18.2 Å². The molecule has 0 aromatic heterocycles. The number of hydrogen-bond acceptors (Lipinski definition) is 7. The Hall–Kier alpha value is -2.60. The first-order chi connectivity index (χ1) is 12.9. The van der Waals surface area contributed by atoms with Crippen LogP contribution in [0, 0.1) is 10.1 Å². The van der Waals surface area contributed by atoms with Gasteiger partial charge in [-0.3, -0.25) is 14.9 Å². The van der Waals surface area contributed by atoms with E-state index < -0.39 is 32.6 Å². The molecule has 2 aromatic rings. The number of benzene rings is 2. The van der Waals surface area contributed by atoms with E-state index in [4.69, 9.17) is 34.7 Å². The van der Waals surface area contributed by atoms with Crippen LogP contribution >= 0.6 is 23.2 Å². The molecule has 0 radical (unpaired) electrons. The van der Waals surface area contributed by atoms with Crippen molar-refractivity contribution in [2.24, 2.45) is 0 Å². The fourth-order valence-electron chi connectivity index (χ4n) is 2.26. The van der Waals surface area contributed by atoms with Gasteiger partial charge in [-0.25, -0.2) is 8.42 Å². The van der Waals surface area contributed by atoms with E-state index in [2.05, 4.69) is 0 Å². The van der Waals surface area contributed by atoms with Crippen molar-refractivity contribution < 1.29 is 23.2 Å². The third-order valence-corrected chi connectivity index (χ3v) is 5.77. The molecule has 1 unspecified atom stereocenters. The lowest BCUT2D eigenvalue weighted by atomic mass is 10.1. The number of carboxylic acid groups (broad SMARTS) is 1. The van der Waals surface area contributed by atoms with Crippen LogP contribution in [0.2, 0.25) is 10.0 Å². The smallest absolute Gasteiger partial charge is 0.322 e. The van der Waals surface area contributed by atoms with E-state index in [1.807, 2.05) is 4.72 Å². The number of hydrogen-bond donors (Lipinski definition) is 4. The van der Waals surface area contributed by atoms with Gasteiger partial charge in [-0.15, -0.1) is 0 Å². The Labute approximate surface area is 169 Å². The summed E-state index contributed by atoms with van der Waals surface area (Å²) in [5.41, 5.74) is 10.7. The van der Waals surface area contributed by atoms with Gasteiger partial charge in [0.15, 0.2) is 0 Å². The molecule has 6 N–H and O–H groups in total. The quantitative estimate of drug-likeness (QED) is 0.282. The van der Waals surface area contributed by atoms with E-state index in [9.17, 15) is 28.4 Å². The normalized spacial score (nSPS) is 12.5. The van der Waals surface area contributed by atoms with Gasteiger partial charge in [0.2, 0.25) is 10.0 Å². The second-order valence-corrected chi connectivity index (χ2v) is 8.20. The number of nitro benzene ring substituents is 1. The minimum atomic E-state index is -4.33. The zero-order chi connectivity index (χ0) is 21.2. The van der Waals surface area contributed by atoms with Gasteiger partial charge in [0, 0.05) is 6.07 Å². The molecule has 10 nitrogen and oxygen atoms in total. The number of sulfonamides is 1. The van der Waals surface area contributed by atoms with Crippen molar-refractivity contribution in [1.29, 1.82) is 0 Å². The van der Waals surface area contributed by atoms with Crippen molar-refractivity contribution in [3.63, 3.8) is 0 Å². The highest BCUT2D eigenvalue weighted by Crippen LogP contribution is 2.31. The molecule has 0 saturated heterocycles. The van der Waals surface area contributed by atoms with Crippen molar-refractivity contribution in [2.45, 2.75) is 17.4 Å². The van der Waals surface area contributed by atoms with Crippen LogP contribution in [0.15, 0.2) is 35.2 Å². The lowest BCUT2D eigenvalue weighted by Gasteiger charge is -2.16. The summed E-state index contributed by atoms with van der Waals surface area (Å²) in [7, 11) is -4.33. The van der Waals surface area contributed by atoms with Crippen LogP contribution in [-0.4, -0.2) is 30.5 Å². The molecule has 13 heteroatoms. The van der Waals surface area contributed by atoms with E-state index in [-0.39, 0.29) is 38.3 Å². The number of nitrogens with zero attached hydrogens (tertiary/aromatic N) is 1. The summed E-state index contributed by atoms with van der Waals surface area (Å²) in [4.78, 5) is 21.4. The van der Waals surface area contributed by atoms with Crippen molar-refractivity contribution in [2.75, 3.05) is 11.5 Å². The molecular weight excluding hydrogens is 435 g/mol. The number of nitrogens with two attached hydrogens (primary N) is 2. The van der Waals surface area contributed by atoms with Gasteiger partial charge in [0.05, 0.1) is 25.6 Å². The summed E-state index contributed by atoms with van der Waals surface area (Å²) in [6.45, 7) is 0. The van der Waals surface area contributed by atoms with Crippen molar-refractivity contribution in [3.8, 4) is 0 Å². The Kier molecular flexibility index (Phi) is 6.34. The highest BCUT2D eigenvalue weighted by molar-refractivity contribution is 7.89. The van der Waals surface area contributed by atoms with Gasteiger partial charge in [-0.1, -0.05) is 29.3 Å². The first kappa shape index (κ1) is 21.7. The van der Waals surface area contributed by atoms with Crippen LogP contribution in [0.1, 0.15) is 5.56 Å². The van der Waals surface area contributed by atoms with Crippen LogP contribution in [0.4, 0.5) is 17.1 Å². The number of rotatable bonds is 7. The molecule has 150 valence electrons. The Morgan fingerprint density at radius 2 is 1.79 bits per heavy atom. The standard InChI is InChI=1S/C15H14Cl2N4O6S/c16-9-5-8(6-10(17)14(9)19)28(26,27)20-12(15(22)23)3-7-1-2-11(18)13(4-7)21(24)25/h1-2,4-6,12,20H,3,18-19H2,(H,22,23). The zero-order valence-corrected chi connectivity index (χ0v) is 16.3. The maximum atomic E-state index is 12.5. The Bertz CT molecular complexity index is 1040. The number of anilines is 2. The molecule has 1 atom stereocenters. The Morgan fingerprint density at radius 3 is 2.29 bits per heavy atom. The average Bonchev–Trinajstić information content (AvgIpc) is 2.59. The summed E-state index contributed by atoms with van der Waals surface area (Å²) >= 11 is 11.6. The molecule has 0 amide bonds. The second kappa shape index (κ2) is 8.19. The molecule has 0 heterocycles. The molecule has 2 rings (SSSR count). The number of nitrogens with one attached hydrogen (secondary N) is 1. The molecule has 0 fully saturated rings. The van der Waals surface area contributed by atoms with Gasteiger partial charge in [-0.2, -0.15) is 4.72 Å². The van der Waals surface area contributed by atoms with E-state index >= 15 is 0 Å². The molecule has 2 aromatic carbocycles. The van der Waals surface area contributed by atoms with Gasteiger partial charge in [-0.05, 0) is 30.2 Å². The molecule has 0 bridgehead atoms. The lowest BCUT2D eigenvalue weighted by Crippen LogP contribution is -2.42. The third-order valence-electron chi connectivity index (χ3n) is 3.69. The Balaban J connectivity index is 2.34. The first-order valence-corrected chi connectivity index (χ1v) is 9.68. The first-order valence-electron chi connectivity index (χ1n) is 7.45. The van der Waals surface area contributed by atoms with Crippen molar-refractivity contribution in [1.82, 2.24) is 4.72 Å². The number of halogens is 2. The van der Waals surface area contributed by atoms with Gasteiger partial charge in [0.1, 0.15) is 11.7 Å². The minimum Gasteiger partial charge on any atom is -0.480 e. The molecule has 28 heavy (non-hydrogen) atoms. The van der Waals surface area contributed by atoms with Crippen molar-refractivity contribution >= 4 is 56.3 Å². The third kappa shape index (κ3) is 4.81. The molecule has 0 spiro atoms. The lowest BCUT2D eigenvalue weighted by molar-refractivity contribution is -0.384. The molecule has 0 aliphatic carbocycles. The molecular formula is C15H14Cl2N4O6S. The highest BCUT2D eigenvalue weighted by Gasteiger charge is 2.27. The van der Waals surface area contributed by atoms with Crippen molar-refractivity contribution in [3.05, 3.63) is 56.1 Å². The Morgan fingerprint density at radius 1 is 1.21 bits per heavy atom. The second-order valence-electron chi connectivity index (χ2n) is 5.67. The SMILES string of the molecule is Nc1ccc(CC(NS(=O)(=O)c2cc(Cl)c(N)c(Cl)c2)C(=O)O)cc1[N+](=O)[O-]. The topological polar surface area (TPSA) is 179 Å². The van der Waals surface area contributed by atoms with E-state index in [1.165, 1.54) is 12.1 Å². The monoisotopic (exact) mass is 448 g/mol. The van der Waals surface area contributed by atoms with E-state index in [1.54, 1.807) is 0 Å². The molecule has 0 aliphatic rings. The van der Waals surface area contributed by atoms with Crippen LogP contribution in [-0.2, 0) is 21.2 Å². The molecule has 0 aliphatic heterocycles. The number of carboxylic acids is 1. The number of carbonyl (C=O) groups is 1. The summed E-state index contributed by atoms with van der Waals surface area (Å²) in [5, 5.41) is 20.1. The predicted molar refractivity (Wildman–Crippen MR) is 104 cm³/mol. The maximum absolute atomic E-state index is 12.5. The van der Waals surface area contributed by atoms with E-state index in [0.29, 0.717) is 0 Å². The van der Waals surface area contributed by atoms with Gasteiger partial charge in [0.25, 0.3) is 5.69 Å². The number of nitrogen functional groups attached to an aromatic ring is 2. The van der Waals surface area contributed by atoms with Gasteiger partial charge >= 0.3 is 5.97 Å². The maximum Gasteiger partial charge on any atom is 0.322 e. The highest BCUT2D eigenvalue weighted by atomic mass is 35.5. The summed E-state index contributed by atoms with van der Waals surface area (Å²) in [6, 6.07) is 4.11. The summed E-state index contributed by atoms with van der Waals surface area (Å²) < 4.78 is 27.1. The van der Waals surface area contributed by atoms with Crippen LogP contribution in [0.25, 0.3) is 0 Å².